The van der Waals surface area contributed by atoms with Crippen LogP contribution in [0.1, 0.15) is 10.4 Å². The molecule has 0 spiro atoms. The molecule has 1 aromatic heterocycles. The minimum absolute atomic E-state index is 0.121. The number of carbonyl (C=O) groups is 1. The number of nitrogens with one attached hydrogen (secondary N) is 1. The second-order valence-electron chi connectivity index (χ2n) is 6.29. The van der Waals surface area contributed by atoms with Gasteiger partial charge in [0.05, 0.1) is 26.3 Å². The van der Waals surface area contributed by atoms with Crippen LogP contribution in [0.15, 0.2) is 66.0 Å². The van der Waals surface area contributed by atoms with Gasteiger partial charge in [-0.3, -0.25) is 4.79 Å². The van der Waals surface area contributed by atoms with Crippen LogP contribution in [0.5, 0.6) is 0 Å². The highest BCUT2D eigenvalue weighted by molar-refractivity contribution is 7.13. The van der Waals surface area contributed by atoms with Gasteiger partial charge in [0.1, 0.15) is 5.01 Å². The topological polar surface area (TPSA) is 42.0 Å². The van der Waals surface area contributed by atoms with Gasteiger partial charge in [0.25, 0.3) is 5.91 Å². The first-order valence-electron chi connectivity index (χ1n) is 8.69. The molecular formula is C22H12Cl4N2OS. The minimum Gasteiger partial charge on any atom is -0.322 e. The molecule has 1 N–H and O–H groups in total. The van der Waals surface area contributed by atoms with Crippen LogP contribution in [0.3, 0.4) is 0 Å². The molecule has 150 valence electrons. The van der Waals surface area contributed by atoms with Crippen LogP contribution in [0.2, 0.25) is 20.1 Å². The zero-order valence-corrected chi connectivity index (χ0v) is 19.0. The summed E-state index contributed by atoms with van der Waals surface area (Å²) in [6, 6.07) is 18.0. The molecule has 0 fully saturated rings. The largest absolute Gasteiger partial charge is 0.322 e. The van der Waals surface area contributed by atoms with Gasteiger partial charge in [-0.25, -0.2) is 4.98 Å². The molecule has 0 aliphatic heterocycles. The van der Waals surface area contributed by atoms with Crippen molar-refractivity contribution >= 4 is 69.3 Å². The second-order valence-corrected chi connectivity index (χ2v) is 8.78. The lowest BCUT2D eigenvalue weighted by Crippen LogP contribution is -2.13. The van der Waals surface area contributed by atoms with Gasteiger partial charge in [0.2, 0.25) is 0 Å². The predicted octanol–water partition coefficient (Wildman–Crippen LogP) is 8.34. The fourth-order valence-electron chi connectivity index (χ4n) is 2.78. The highest BCUT2D eigenvalue weighted by atomic mass is 35.5. The Kier molecular flexibility index (Phi) is 6.32. The van der Waals surface area contributed by atoms with Crippen LogP contribution in [-0.4, -0.2) is 10.9 Å². The highest BCUT2D eigenvalue weighted by Gasteiger charge is 2.17. The molecule has 30 heavy (non-hydrogen) atoms. The van der Waals surface area contributed by atoms with Gasteiger partial charge in [0, 0.05) is 27.2 Å². The number of halogens is 4. The Labute approximate surface area is 197 Å². The molecule has 0 saturated heterocycles. The fourth-order valence-corrected chi connectivity index (χ4v) is 4.45. The van der Waals surface area contributed by atoms with Crippen LogP contribution in [0.25, 0.3) is 21.8 Å². The molecule has 0 aliphatic carbocycles. The molecule has 1 heterocycles. The first-order chi connectivity index (χ1) is 14.4. The third-order valence-electron chi connectivity index (χ3n) is 4.30. The van der Waals surface area contributed by atoms with Crippen LogP contribution in [0.4, 0.5) is 5.69 Å². The molecule has 0 aliphatic rings. The maximum Gasteiger partial charge on any atom is 0.258 e. The molecule has 0 atom stereocenters. The first-order valence-corrected chi connectivity index (χ1v) is 11.1. The molecular weight excluding hydrogens is 482 g/mol. The number of rotatable bonds is 4. The zero-order valence-electron chi connectivity index (χ0n) is 15.1. The maximum atomic E-state index is 12.6. The molecule has 3 nitrogen and oxygen atoms in total. The average Bonchev–Trinajstić information content (AvgIpc) is 3.22. The van der Waals surface area contributed by atoms with Gasteiger partial charge in [0.15, 0.2) is 0 Å². The van der Waals surface area contributed by atoms with Crippen molar-refractivity contribution in [1.29, 1.82) is 0 Å². The van der Waals surface area contributed by atoms with Crippen molar-refractivity contribution in [3.8, 4) is 21.8 Å². The lowest BCUT2D eigenvalue weighted by molar-refractivity contribution is 0.102. The number of aromatic nitrogens is 1. The molecule has 4 rings (SSSR count). The SMILES string of the molecule is O=C(Nc1ccc(-c2csc(-c3ccc(Cl)cc3)n2)cc1)c1c(Cl)ccc(Cl)c1Cl. The van der Waals surface area contributed by atoms with E-state index in [1.54, 1.807) is 29.5 Å². The van der Waals surface area contributed by atoms with E-state index in [0.29, 0.717) is 10.7 Å². The normalized spacial score (nSPS) is 10.8. The lowest BCUT2D eigenvalue weighted by Gasteiger charge is -2.10. The van der Waals surface area contributed by atoms with Crippen LogP contribution < -0.4 is 5.32 Å². The van der Waals surface area contributed by atoms with Crippen molar-refractivity contribution in [3.63, 3.8) is 0 Å². The standard InChI is InChI=1S/C22H12Cl4N2OS/c23-14-5-1-13(2-6-14)22-28-18(11-30-22)12-3-7-15(8-4-12)27-21(29)19-16(24)9-10-17(25)20(19)26/h1-11H,(H,27,29). The number of hydrogen-bond acceptors (Lipinski definition) is 3. The summed E-state index contributed by atoms with van der Waals surface area (Å²) in [5, 5.41) is 6.99. The zero-order chi connectivity index (χ0) is 21.3. The van der Waals surface area contributed by atoms with Crippen molar-refractivity contribution < 1.29 is 4.79 Å². The molecule has 8 heteroatoms. The van der Waals surface area contributed by atoms with E-state index >= 15 is 0 Å². The van der Waals surface area contributed by atoms with E-state index in [1.165, 1.54) is 6.07 Å². The number of amides is 1. The Morgan fingerprint density at radius 2 is 1.43 bits per heavy atom. The summed E-state index contributed by atoms with van der Waals surface area (Å²) in [6.07, 6.45) is 0. The van der Waals surface area contributed by atoms with Crippen molar-refractivity contribution in [2.45, 2.75) is 0 Å². The average molecular weight is 494 g/mol. The van der Waals surface area contributed by atoms with Gasteiger partial charge in [-0.2, -0.15) is 0 Å². The Morgan fingerprint density at radius 3 is 2.13 bits per heavy atom. The van der Waals surface area contributed by atoms with Crippen molar-refractivity contribution in [3.05, 3.63) is 91.7 Å². The Balaban J connectivity index is 1.52. The van der Waals surface area contributed by atoms with E-state index in [2.05, 4.69) is 5.32 Å². The van der Waals surface area contributed by atoms with Gasteiger partial charge in [-0.15, -0.1) is 11.3 Å². The summed E-state index contributed by atoms with van der Waals surface area (Å²) in [4.78, 5) is 17.3. The van der Waals surface area contributed by atoms with Gasteiger partial charge < -0.3 is 5.32 Å². The third-order valence-corrected chi connectivity index (χ3v) is 6.57. The lowest BCUT2D eigenvalue weighted by atomic mass is 10.1. The first kappa shape index (κ1) is 21.2. The molecule has 1 amide bonds. The number of carbonyl (C=O) groups excluding carboxylic acids is 1. The summed E-state index contributed by atoms with van der Waals surface area (Å²) in [7, 11) is 0. The Bertz CT molecular complexity index is 1220. The van der Waals surface area contributed by atoms with Gasteiger partial charge in [-0.05, 0) is 36.4 Å². The quantitative estimate of drug-likeness (QED) is 0.290. The monoisotopic (exact) mass is 492 g/mol. The molecule has 4 aromatic rings. The van der Waals surface area contributed by atoms with Gasteiger partial charge in [-0.1, -0.05) is 70.7 Å². The summed E-state index contributed by atoms with van der Waals surface area (Å²) < 4.78 is 0. The van der Waals surface area contributed by atoms with E-state index in [4.69, 9.17) is 51.4 Å². The molecule has 0 bridgehead atoms. The Morgan fingerprint density at radius 1 is 0.800 bits per heavy atom. The summed E-state index contributed by atoms with van der Waals surface area (Å²) in [5.74, 6) is -0.432. The van der Waals surface area contributed by atoms with Crippen LogP contribution in [-0.2, 0) is 0 Å². The Hall–Kier alpha value is -2.08. The van der Waals surface area contributed by atoms with Crippen LogP contribution in [0, 0.1) is 0 Å². The third kappa shape index (κ3) is 4.48. The molecule has 0 radical (unpaired) electrons. The van der Waals surface area contributed by atoms with E-state index < -0.39 is 5.91 Å². The van der Waals surface area contributed by atoms with Gasteiger partial charge >= 0.3 is 0 Å². The van der Waals surface area contributed by atoms with Crippen molar-refractivity contribution in [2.75, 3.05) is 5.32 Å². The van der Waals surface area contributed by atoms with Crippen molar-refractivity contribution in [2.24, 2.45) is 0 Å². The minimum atomic E-state index is -0.432. The molecule has 0 saturated carbocycles. The summed E-state index contributed by atoms with van der Waals surface area (Å²) >= 11 is 25.7. The number of benzene rings is 3. The second kappa shape index (κ2) is 8.96. The van der Waals surface area contributed by atoms with Crippen LogP contribution >= 0.6 is 57.7 Å². The predicted molar refractivity (Wildman–Crippen MR) is 127 cm³/mol. The number of anilines is 1. The molecule has 0 unspecified atom stereocenters. The van der Waals surface area contributed by atoms with E-state index in [-0.39, 0.29) is 20.6 Å². The number of hydrogen-bond donors (Lipinski definition) is 1. The summed E-state index contributed by atoms with van der Waals surface area (Å²) in [6.45, 7) is 0. The summed E-state index contributed by atoms with van der Waals surface area (Å²) in [5.41, 5.74) is 3.54. The van der Waals surface area contributed by atoms with E-state index in [0.717, 1.165) is 21.8 Å². The fraction of sp³-hybridized carbons (Fsp3) is 0. The highest BCUT2D eigenvalue weighted by Crippen LogP contribution is 2.33. The number of thiazole rings is 1. The van der Waals surface area contributed by atoms with E-state index in [1.807, 2.05) is 41.8 Å². The number of nitrogens with zero attached hydrogens (tertiary/aromatic N) is 1. The maximum absolute atomic E-state index is 12.6. The molecule has 3 aromatic carbocycles. The van der Waals surface area contributed by atoms with Crippen molar-refractivity contribution in [1.82, 2.24) is 4.98 Å². The smallest absolute Gasteiger partial charge is 0.258 e. The van der Waals surface area contributed by atoms with E-state index in [9.17, 15) is 4.79 Å².